The van der Waals surface area contributed by atoms with E-state index in [0.717, 1.165) is 31.5 Å². The summed E-state index contributed by atoms with van der Waals surface area (Å²) in [4.78, 5) is 2.17. The second-order valence-electron chi connectivity index (χ2n) is 6.55. The highest BCUT2D eigenvalue weighted by Crippen LogP contribution is 2.33. The maximum absolute atomic E-state index is 13.3. The van der Waals surface area contributed by atoms with Crippen LogP contribution in [0.4, 0.5) is 13.2 Å². The van der Waals surface area contributed by atoms with E-state index in [4.69, 9.17) is 0 Å². The second-order valence-corrected chi connectivity index (χ2v) is 6.55. The Hall–Kier alpha value is -1.85. The molecule has 134 valence electrons. The monoisotopic (exact) mass is 348 g/mol. The maximum atomic E-state index is 13.3. The quantitative estimate of drug-likeness (QED) is 0.858. The lowest BCUT2D eigenvalue weighted by Gasteiger charge is -2.35. The molecule has 25 heavy (non-hydrogen) atoms. The Labute approximate surface area is 146 Å². The highest BCUT2D eigenvalue weighted by Gasteiger charge is 2.34. The molecule has 5 heteroatoms. The van der Waals surface area contributed by atoms with Crippen LogP contribution >= 0.6 is 0 Å². The lowest BCUT2D eigenvalue weighted by molar-refractivity contribution is -0.138. The van der Waals surface area contributed by atoms with E-state index in [9.17, 15) is 13.2 Å². The smallest absolute Gasteiger partial charge is 0.315 e. The highest BCUT2D eigenvalue weighted by atomic mass is 19.4. The van der Waals surface area contributed by atoms with Gasteiger partial charge >= 0.3 is 6.18 Å². The summed E-state index contributed by atoms with van der Waals surface area (Å²) in [5, 5.41) is 3.37. The molecule has 3 rings (SSSR count). The van der Waals surface area contributed by atoms with E-state index < -0.39 is 11.7 Å². The molecule has 2 aromatic rings. The molecule has 1 heterocycles. The minimum atomic E-state index is -4.32. The molecule has 0 aliphatic carbocycles. The molecular formula is C20H23F3N2. The largest absolute Gasteiger partial charge is 0.416 e. The predicted octanol–water partition coefficient (Wildman–Crippen LogP) is 4.46. The van der Waals surface area contributed by atoms with Crippen molar-refractivity contribution in [1.29, 1.82) is 0 Å². The number of hydrogen-bond acceptors (Lipinski definition) is 2. The Balaban J connectivity index is 1.85. The van der Waals surface area contributed by atoms with Crippen molar-refractivity contribution in [2.24, 2.45) is 0 Å². The molecule has 0 bridgehead atoms. The zero-order valence-corrected chi connectivity index (χ0v) is 14.1. The highest BCUT2D eigenvalue weighted by molar-refractivity contribution is 5.30. The van der Waals surface area contributed by atoms with Gasteiger partial charge in [0.15, 0.2) is 0 Å². The van der Waals surface area contributed by atoms with Crippen molar-refractivity contribution in [2.75, 3.05) is 13.1 Å². The zero-order chi connectivity index (χ0) is 17.7. The number of nitrogens with one attached hydrogen (secondary N) is 1. The SMILES string of the molecule is FC(F)(F)c1ccccc1CN(Cc1ccccc1)C1CCCNC1. The van der Waals surface area contributed by atoms with Gasteiger partial charge in [-0.25, -0.2) is 0 Å². The molecule has 1 atom stereocenters. The minimum absolute atomic E-state index is 0.246. The van der Waals surface area contributed by atoms with E-state index in [-0.39, 0.29) is 6.04 Å². The fraction of sp³-hybridized carbons (Fsp3) is 0.400. The van der Waals surface area contributed by atoms with Crippen LogP contribution in [0.3, 0.4) is 0 Å². The molecule has 0 amide bonds. The number of nitrogens with zero attached hydrogens (tertiary/aromatic N) is 1. The Bertz CT molecular complexity index is 664. The van der Waals surface area contributed by atoms with Gasteiger partial charge in [-0.2, -0.15) is 13.2 Å². The zero-order valence-electron chi connectivity index (χ0n) is 14.1. The predicted molar refractivity (Wildman–Crippen MR) is 93.0 cm³/mol. The summed E-state index contributed by atoms with van der Waals surface area (Å²) >= 11 is 0. The van der Waals surface area contributed by atoms with Gasteiger partial charge in [-0.1, -0.05) is 48.5 Å². The van der Waals surface area contributed by atoms with Gasteiger partial charge in [0.2, 0.25) is 0 Å². The van der Waals surface area contributed by atoms with E-state index in [1.54, 1.807) is 12.1 Å². The van der Waals surface area contributed by atoms with Gasteiger partial charge in [0, 0.05) is 25.7 Å². The average molecular weight is 348 g/mol. The van der Waals surface area contributed by atoms with Crippen LogP contribution in [0.2, 0.25) is 0 Å². The number of halogens is 3. The molecule has 1 unspecified atom stereocenters. The van der Waals surface area contributed by atoms with E-state index in [1.807, 2.05) is 30.3 Å². The average Bonchev–Trinajstić information content (AvgIpc) is 2.62. The molecule has 1 saturated heterocycles. The third-order valence-electron chi connectivity index (χ3n) is 4.71. The van der Waals surface area contributed by atoms with Crippen molar-refractivity contribution in [3.8, 4) is 0 Å². The van der Waals surface area contributed by atoms with Crippen LogP contribution in [0.5, 0.6) is 0 Å². The molecule has 1 N–H and O–H groups in total. The number of hydrogen-bond donors (Lipinski definition) is 1. The van der Waals surface area contributed by atoms with Crippen molar-refractivity contribution >= 4 is 0 Å². The van der Waals surface area contributed by atoms with Crippen molar-refractivity contribution in [2.45, 2.75) is 38.1 Å². The molecule has 1 aliphatic heterocycles. The third-order valence-corrected chi connectivity index (χ3v) is 4.71. The van der Waals surface area contributed by atoms with E-state index >= 15 is 0 Å². The Morgan fingerprint density at radius 1 is 0.960 bits per heavy atom. The number of benzene rings is 2. The van der Waals surface area contributed by atoms with Crippen LogP contribution in [0.1, 0.15) is 29.5 Å². The fourth-order valence-corrected chi connectivity index (χ4v) is 3.43. The van der Waals surface area contributed by atoms with Crippen molar-refractivity contribution in [3.05, 3.63) is 71.3 Å². The molecule has 1 fully saturated rings. The molecule has 0 spiro atoms. The normalized spacial score (nSPS) is 18.5. The first-order valence-corrected chi connectivity index (χ1v) is 8.68. The summed E-state index contributed by atoms with van der Waals surface area (Å²) < 4.78 is 40.0. The Morgan fingerprint density at radius 2 is 1.68 bits per heavy atom. The van der Waals surface area contributed by atoms with E-state index in [1.165, 1.54) is 12.1 Å². The molecule has 0 saturated carbocycles. The van der Waals surface area contributed by atoms with Crippen LogP contribution in [-0.2, 0) is 19.3 Å². The number of piperidine rings is 1. The van der Waals surface area contributed by atoms with Crippen molar-refractivity contribution < 1.29 is 13.2 Å². The van der Waals surface area contributed by atoms with Crippen LogP contribution in [0, 0.1) is 0 Å². The van der Waals surface area contributed by atoms with Gasteiger partial charge in [-0.3, -0.25) is 4.90 Å². The lowest BCUT2D eigenvalue weighted by atomic mass is 10.0. The molecule has 0 radical (unpaired) electrons. The van der Waals surface area contributed by atoms with Crippen LogP contribution in [0.25, 0.3) is 0 Å². The van der Waals surface area contributed by atoms with Crippen LogP contribution < -0.4 is 5.32 Å². The second kappa shape index (κ2) is 8.02. The Kier molecular flexibility index (Phi) is 5.76. The summed E-state index contributed by atoms with van der Waals surface area (Å²) in [6, 6.07) is 16.1. The molecular weight excluding hydrogens is 325 g/mol. The fourth-order valence-electron chi connectivity index (χ4n) is 3.43. The Morgan fingerprint density at radius 3 is 2.36 bits per heavy atom. The summed E-state index contributed by atoms with van der Waals surface area (Å²) in [5.41, 5.74) is 0.936. The van der Waals surface area contributed by atoms with E-state index in [0.29, 0.717) is 18.7 Å². The molecule has 0 aromatic heterocycles. The van der Waals surface area contributed by atoms with Gasteiger partial charge in [0.05, 0.1) is 5.56 Å². The van der Waals surface area contributed by atoms with E-state index in [2.05, 4.69) is 10.2 Å². The van der Waals surface area contributed by atoms with Gasteiger partial charge in [-0.15, -0.1) is 0 Å². The number of rotatable bonds is 5. The van der Waals surface area contributed by atoms with Crippen molar-refractivity contribution in [1.82, 2.24) is 10.2 Å². The summed E-state index contributed by atoms with van der Waals surface area (Å²) in [6.45, 7) is 2.76. The first-order valence-electron chi connectivity index (χ1n) is 8.68. The van der Waals surface area contributed by atoms with Crippen molar-refractivity contribution in [3.63, 3.8) is 0 Å². The third kappa shape index (κ3) is 4.83. The molecule has 1 aliphatic rings. The summed E-state index contributed by atoms with van der Waals surface area (Å²) in [5.74, 6) is 0. The number of alkyl halides is 3. The maximum Gasteiger partial charge on any atom is 0.416 e. The van der Waals surface area contributed by atoms with Gasteiger partial charge in [0.1, 0.15) is 0 Å². The first kappa shape index (κ1) is 18.0. The molecule has 2 nitrogen and oxygen atoms in total. The minimum Gasteiger partial charge on any atom is -0.315 e. The first-order chi connectivity index (χ1) is 12.0. The lowest BCUT2D eigenvalue weighted by Crippen LogP contribution is -2.45. The summed E-state index contributed by atoms with van der Waals surface area (Å²) in [7, 11) is 0. The summed E-state index contributed by atoms with van der Waals surface area (Å²) in [6.07, 6.45) is -2.26. The van der Waals surface area contributed by atoms with Gasteiger partial charge in [0.25, 0.3) is 0 Å². The topological polar surface area (TPSA) is 15.3 Å². The molecule has 2 aromatic carbocycles. The van der Waals surface area contributed by atoms with Crippen LogP contribution in [0.15, 0.2) is 54.6 Å². The van der Waals surface area contributed by atoms with Gasteiger partial charge in [-0.05, 0) is 36.6 Å². The van der Waals surface area contributed by atoms with Gasteiger partial charge < -0.3 is 5.32 Å². The van der Waals surface area contributed by atoms with Crippen LogP contribution in [-0.4, -0.2) is 24.0 Å². The standard InChI is InChI=1S/C20H23F3N2/c21-20(22,23)19-11-5-4-9-17(19)15-25(18-10-6-12-24-13-18)14-16-7-2-1-3-8-16/h1-5,7-9,11,18,24H,6,10,12-15H2.